The van der Waals surface area contributed by atoms with Crippen LogP contribution in [-0.4, -0.2) is 29.4 Å². The van der Waals surface area contributed by atoms with Crippen molar-refractivity contribution < 1.29 is 9.47 Å². The molecular formula is C17H22N4O3. The van der Waals surface area contributed by atoms with Gasteiger partial charge in [0.1, 0.15) is 0 Å². The van der Waals surface area contributed by atoms with E-state index in [1.807, 2.05) is 39.0 Å². The summed E-state index contributed by atoms with van der Waals surface area (Å²) in [5.74, 6) is 1.62. The van der Waals surface area contributed by atoms with Crippen molar-refractivity contribution in [3.63, 3.8) is 0 Å². The average Bonchev–Trinajstić information content (AvgIpc) is 2.54. The Morgan fingerprint density at radius 3 is 2.79 bits per heavy atom. The summed E-state index contributed by atoms with van der Waals surface area (Å²) in [5.41, 5.74) is 4.05. The molecule has 2 N–H and O–H groups in total. The van der Waals surface area contributed by atoms with Gasteiger partial charge in [0.25, 0.3) is 5.56 Å². The van der Waals surface area contributed by atoms with Crippen molar-refractivity contribution in [2.45, 2.75) is 33.3 Å². The molecule has 0 spiro atoms. The quantitative estimate of drug-likeness (QED) is 0.602. The number of H-pyrrole nitrogens is 1. The van der Waals surface area contributed by atoms with Crippen LogP contribution < -0.4 is 20.5 Å². The molecule has 1 aromatic carbocycles. The second-order valence-electron chi connectivity index (χ2n) is 5.39. The Labute approximate surface area is 140 Å². The first-order valence-electron chi connectivity index (χ1n) is 7.75. The number of benzene rings is 1. The molecule has 1 heterocycles. The van der Waals surface area contributed by atoms with Gasteiger partial charge in [-0.25, -0.2) is 10.4 Å². The van der Waals surface area contributed by atoms with Crippen LogP contribution in [0, 0.1) is 0 Å². The summed E-state index contributed by atoms with van der Waals surface area (Å²) in [6.45, 7) is 5.83. The summed E-state index contributed by atoms with van der Waals surface area (Å²) in [6.07, 6.45) is 2.33. The van der Waals surface area contributed by atoms with Crippen molar-refractivity contribution >= 4 is 12.2 Å². The smallest absolute Gasteiger partial charge is 0.252 e. The van der Waals surface area contributed by atoms with Gasteiger partial charge in [0.15, 0.2) is 11.5 Å². The van der Waals surface area contributed by atoms with Crippen molar-refractivity contribution in [1.29, 1.82) is 0 Å². The predicted molar refractivity (Wildman–Crippen MR) is 94.2 cm³/mol. The number of ether oxygens (including phenoxy) is 2. The monoisotopic (exact) mass is 330 g/mol. The molecule has 0 saturated carbocycles. The summed E-state index contributed by atoms with van der Waals surface area (Å²) in [4.78, 5) is 18.3. The van der Waals surface area contributed by atoms with E-state index in [2.05, 4.69) is 20.5 Å². The second kappa shape index (κ2) is 8.14. The molecule has 0 saturated heterocycles. The molecule has 0 fully saturated rings. The van der Waals surface area contributed by atoms with Crippen molar-refractivity contribution in [3.8, 4) is 11.5 Å². The topological polar surface area (TPSA) is 88.6 Å². The van der Waals surface area contributed by atoms with E-state index < -0.39 is 0 Å². The number of hydrogen-bond donors (Lipinski definition) is 2. The first-order chi connectivity index (χ1) is 11.5. The first-order valence-corrected chi connectivity index (χ1v) is 7.75. The lowest BCUT2D eigenvalue weighted by Gasteiger charge is -2.13. The largest absolute Gasteiger partial charge is 0.493 e. The lowest BCUT2D eigenvalue weighted by atomic mass is 10.2. The Morgan fingerprint density at radius 2 is 2.12 bits per heavy atom. The van der Waals surface area contributed by atoms with Gasteiger partial charge in [-0.3, -0.25) is 9.78 Å². The van der Waals surface area contributed by atoms with Crippen LogP contribution in [0.2, 0.25) is 0 Å². The van der Waals surface area contributed by atoms with E-state index in [1.54, 1.807) is 13.3 Å². The number of methoxy groups -OCH3 is 1. The molecular weight excluding hydrogens is 308 g/mol. The fourth-order valence-electron chi connectivity index (χ4n) is 2.03. The molecule has 0 bridgehead atoms. The summed E-state index contributed by atoms with van der Waals surface area (Å²) >= 11 is 0. The van der Waals surface area contributed by atoms with Gasteiger partial charge in [0, 0.05) is 11.8 Å². The zero-order chi connectivity index (χ0) is 17.5. The van der Waals surface area contributed by atoms with Gasteiger partial charge in [-0.05, 0) is 44.0 Å². The number of aromatic nitrogens is 2. The predicted octanol–water partition coefficient (Wildman–Crippen LogP) is 2.57. The number of aromatic amines is 1. The van der Waals surface area contributed by atoms with Crippen LogP contribution in [0.4, 0.5) is 5.95 Å². The van der Waals surface area contributed by atoms with Gasteiger partial charge in [-0.2, -0.15) is 5.10 Å². The highest BCUT2D eigenvalue weighted by atomic mass is 16.5. The highest BCUT2D eigenvalue weighted by Gasteiger charge is 2.07. The Morgan fingerprint density at radius 1 is 1.33 bits per heavy atom. The number of hydrazone groups is 1. The van der Waals surface area contributed by atoms with E-state index in [0.717, 1.165) is 5.56 Å². The number of hydrogen-bond acceptors (Lipinski definition) is 6. The standard InChI is InChI=1S/C17H22N4O3/c1-5-13-9-16(22)20-17(19-13)21-18-10-12-6-7-14(23-4)15(8-12)24-11(2)3/h6-11H,5H2,1-4H3,(H2,19,20,21,22)/b18-10-. The van der Waals surface area contributed by atoms with Crippen molar-refractivity contribution in [2.75, 3.05) is 12.5 Å². The average molecular weight is 330 g/mol. The first kappa shape index (κ1) is 17.5. The third-order valence-corrected chi connectivity index (χ3v) is 3.09. The van der Waals surface area contributed by atoms with Gasteiger partial charge in [-0.15, -0.1) is 0 Å². The van der Waals surface area contributed by atoms with Gasteiger partial charge in [0.05, 0.1) is 19.4 Å². The van der Waals surface area contributed by atoms with Crippen LogP contribution in [0.15, 0.2) is 34.2 Å². The second-order valence-corrected chi connectivity index (χ2v) is 5.39. The van der Waals surface area contributed by atoms with Crippen molar-refractivity contribution in [1.82, 2.24) is 9.97 Å². The summed E-state index contributed by atoms with van der Waals surface area (Å²) in [5, 5.41) is 4.10. The maximum atomic E-state index is 11.5. The van der Waals surface area contributed by atoms with E-state index in [0.29, 0.717) is 29.6 Å². The molecule has 0 aliphatic rings. The molecule has 2 rings (SSSR count). The van der Waals surface area contributed by atoms with Crippen LogP contribution in [0.1, 0.15) is 32.0 Å². The summed E-state index contributed by atoms with van der Waals surface area (Å²) < 4.78 is 11.0. The normalized spacial score (nSPS) is 11.0. The third-order valence-electron chi connectivity index (χ3n) is 3.09. The van der Waals surface area contributed by atoms with E-state index >= 15 is 0 Å². The van der Waals surface area contributed by atoms with Crippen LogP contribution in [0.5, 0.6) is 11.5 Å². The Bertz CT molecular complexity index is 769. The molecule has 0 unspecified atom stereocenters. The molecule has 7 nitrogen and oxygen atoms in total. The molecule has 0 aliphatic heterocycles. The Kier molecular flexibility index (Phi) is 5.95. The minimum atomic E-state index is -0.211. The number of rotatable bonds is 7. The molecule has 24 heavy (non-hydrogen) atoms. The fourth-order valence-corrected chi connectivity index (χ4v) is 2.03. The zero-order valence-electron chi connectivity index (χ0n) is 14.3. The van der Waals surface area contributed by atoms with Gasteiger partial charge in [-0.1, -0.05) is 6.92 Å². The van der Waals surface area contributed by atoms with E-state index in [-0.39, 0.29) is 11.7 Å². The third kappa shape index (κ3) is 4.84. The number of anilines is 1. The molecule has 2 aromatic rings. The maximum absolute atomic E-state index is 11.5. The molecule has 1 aromatic heterocycles. The lowest BCUT2D eigenvalue weighted by Crippen LogP contribution is -2.11. The van der Waals surface area contributed by atoms with Gasteiger partial charge < -0.3 is 9.47 Å². The molecule has 128 valence electrons. The molecule has 7 heteroatoms. The van der Waals surface area contributed by atoms with Crippen LogP contribution in [0.25, 0.3) is 0 Å². The van der Waals surface area contributed by atoms with Crippen LogP contribution >= 0.6 is 0 Å². The maximum Gasteiger partial charge on any atom is 0.252 e. The summed E-state index contributed by atoms with van der Waals surface area (Å²) in [6, 6.07) is 6.98. The van der Waals surface area contributed by atoms with Crippen LogP contribution in [0.3, 0.4) is 0 Å². The van der Waals surface area contributed by atoms with Gasteiger partial charge >= 0.3 is 0 Å². The number of nitrogens with one attached hydrogen (secondary N) is 2. The Hall–Kier alpha value is -2.83. The van der Waals surface area contributed by atoms with Crippen molar-refractivity contribution in [2.24, 2.45) is 5.10 Å². The van der Waals surface area contributed by atoms with E-state index in [4.69, 9.17) is 9.47 Å². The zero-order valence-corrected chi connectivity index (χ0v) is 14.3. The fraction of sp³-hybridized carbons (Fsp3) is 0.353. The molecule has 0 atom stereocenters. The number of aryl methyl sites for hydroxylation is 1. The van der Waals surface area contributed by atoms with Gasteiger partial charge in [0.2, 0.25) is 5.95 Å². The molecule has 0 amide bonds. The molecule has 0 aliphatic carbocycles. The SMILES string of the molecule is CCc1cc(=O)[nH]c(N/N=C\c2ccc(OC)c(OC(C)C)c2)n1. The Balaban J connectivity index is 2.14. The molecule has 0 radical (unpaired) electrons. The highest BCUT2D eigenvalue weighted by molar-refractivity contribution is 5.81. The van der Waals surface area contributed by atoms with E-state index in [1.165, 1.54) is 6.07 Å². The van der Waals surface area contributed by atoms with Crippen LogP contribution in [-0.2, 0) is 6.42 Å². The highest BCUT2D eigenvalue weighted by Crippen LogP contribution is 2.28. The number of nitrogens with zero attached hydrogens (tertiary/aromatic N) is 2. The minimum Gasteiger partial charge on any atom is -0.493 e. The van der Waals surface area contributed by atoms with E-state index in [9.17, 15) is 4.79 Å². The van der Waals surface area contributed by atoms with Crippen molar-refractivity contribution in [3.05, 3.63) is 45.9 Å². The minimum absolute atomic E-state index is 0.0373. The lowest BCUT2D eigenvalue weighted by molar-refractivity contribution is 0.230. The summed E-state index contributed by atoms with van der Waals surface area (Å²) in [7, 11) is 1.60.